The second-order valence-corrected chi connectivity index (χ2v) is 8.44. The zero-order chi connectivity index (χ0) is 22.4. The van der Waals surface area contributed by atoms with Crippen LogP contribution in [0.15, 0.2) is 67.0 Å². The van der Waals surface area contributed by atoms with Gasteiger partial charge < -0.3 is 14.5 Å². The van der Waals surface area contributed by atoms with Crippen LogP contribution in [0, 0.1) is 5.82 Å². The van der Waals surface area contributed by atoms with Crippen LogP contribution in [0.3, 0.4) is 0 Å². The van der Waals surface area contributed by atoms with Gasteiger partial charge in [-0.15, -0.1) is 0 Å². The van der Waals surface area contributed by atoms with Gasteiger partial charge in [0, 0.05) is 48.5 Å². The van der Waals surface area contributed by atoms with Gasteiger partial charge in [-0.3, -0.25) is 9.78 Å². The molecule has 1 aliphatic heterocycles. The first-order valence-electron chi connectivity index (χ1n) is 11.1. The number of nitrogens with zero attached hydrogens (tertiary/aromatic N) is 4. The van der Waals surface area contributed by atoms with Gasteiger partial charge >= 0.3 is 0 Å². The topological polar surface area (TPSA) is 64.7 Å². The molecule has 0 saturated heterocycles. The second-order valence-electron chi connectivity index (χ2n) is 8.44. The SMILES string of the molecule is O=C(Nc1ccc2c(c1)nc1n2CCC1)c1cc2cc(F)ccc2n1CCc1cccnc1. The normalized spacial score (nSPS) is 13.0. The van der Waals surface area contributed by atoms with Crippen LogP contribution in [0.4, 0.5) is 10.1 Å². The number of aryl methyl sites for hydroxylation is 4. The van der Waals surface area contributed by atoms with Crippen LogP contribution in [0.25, 0.3) is 21.9 Å². The number of rotatable bonds is 5. The van der Waals surface area contributed by atoms with Gasteiger partial charge in [-0.05, 0) is 66.9 Å². The van der Waals surface area contributed by atoms with Crippen LogP contribution in [0.1, 0.15) is 28.3 Å². The Bertz CT molecular complexity index is 1500. The van der Waals surface area contributed by atoms with E-state index in [0.717, 1.165) is 47.3 Å². The summed E-state index contributed by atoms with van der Waals surface area (Å²) < 4.78 is 18.1. The van der Waals surface area contributed by atoms with Crippen molar-refractivity contribution < 1.29 is 9.18 Å². The molecule has 3 aromatic heterocycles. The molecule has 0 spiro atoms. The third kappa shape index (κ3) is 3.55. The molecule has 6 nitrogen and oxygen atoms in total. The van der Waals surface area contributed by atoms with Crippen LogP contribution >= 0.6 is 0 Å². The van der Waals surface area contributed by atoms with E-state index in [9.17, 15) is 9.18 Å². The highest BCUT2D eigenvalue weighted by Gasteiger charge is 2.19. The molecule has 5 aromatic rings. The number of hydrogen-bond donors (Lipinski definition) is 1. The van der Waals surface area contributed by atoms with Gasteiger partial charge in [0.1, 0.15) is 17.3 Å². The maximum atomic E-state index is 13.9. The van der Waals surface area contributed by atoms with Gasteiger partial charge in [0.25, 0.3) is 5.91 Å². The number of pyridine rings is 1. The third-order valence-corrected chi connectivity index (χ3v) is 6.31. The summed E-state index contributed by atoms with van der Waals surface area (Å²) in [7, 11) is 0. The number of imidazole rings is 1. The number of carbonyl (C=O) groups excluding carboxylic acids is 1. The van der Waals surface area contributed by atoms with E-state index in [1.54, 1.807) is 18.3 Å². The Kier molecular flexibility index (Phi) is 4.68. The maximum Gasteiger partial charge on any atom is 0.272 e. The number of aromatic nitrogens is 4. The number of hydrogen-bond acceptors (Lipinski definition) is 3. The average Bonchev–Trinajstić information content (AvgIpc) is 3.50. The second kappa shape index (κ2) is 7.85. The van der Waals surface area contributed by atoms with Crippen molar-refractivity contribution in [2.45, 2.75) is 32.4 Å². The van der Waals surface area contributed by atoms with Crippen molar-refractivity contribution in [3.63, 3.8) is 0 Å². The number of anilines is 1. The van der Waals surface area contributed by atoms with Gasteiger partial charge in [-0.1, -0.05) is 6.07 Å². The number of fused-ring (bicyclic) bond motifs is 4. The molecule has 0 bridgehead atoms. The van der Waals surface area contributed by atoms with Gasteiger partial charge in [0.05, 0.1) is 11.0 Å². The van der Waals surface area contributed by atoms with E-state index in [-0.39, 0.29) is 11.7 Å². The minimum Gasteiger partial charge on any atom is -0.336 e. The van der Waals surface area contributed by atoms with Gasteiger partial charge in [0.2, 0.25) is 0 Å². The molecule has 0 atom stereocenters. The largest absolute Gasteiger partial charge is 0.336 e. The molecule has 7 heteroatoms. The molecule has 0 aliphatic carbocycles. The standard InChI is InChI=1S/C26H22FN5O/c27-19-5-7-22-18(13-19)14-24(31(22)12-9-17-3-1-10-28-16-17)26(33)29-20-6-8-23-21(15-20)30-25-4-2-11-32(23)25/h1,3,5-8,10,13-16H,2,4,9,11-12H2,(H,29,33). The lowest BCUT2D eigenvalue weighted by molar-refractivity contribution is 0.101. The molecule has 1 N–H and O–H groups in total. The number of nitrogens with one attached hydrogen (secondary N) is 1. The van der Waals surface area contributed by atoms with Crippen LogP contribution in [0.2, 0.25) is 0 Å². The first-order chi connectivity index (χ1) is 16.2. The lowest BCUT2D eigenvalue weighted by atomic mass is 10.2. The summed E-state index contributed by atoms with van der Waals surface area (Å²) in [6, 6.07) is 16.1. The Balaban J connectivity index is 1.32. The summed E-state index contributed by atoms with van der Waals surface area (Å²) in [6.07, 6.45) is 6.39. The third-order valence-electron chi connectivity index (χ3n) is 6.31. The van der Waals surface area contributed by atoms with Crippen molar-refractivity contribution in [1.29, 1.82) is 0 Å². The molecular formula is C26H22FN5O. The monoisotopic (exact) mass is 439 g/mol. The molecule has 0 saturated carbocycles. The summed E-state index contributed by atoms with van der Waals surface area (Å²) in [5.74, 6) is 0.548. The van der Waals surface area contributed by atoms with Crippen molar-refractivity contribution in [2.75, 3.05) is 5.32 Å². The Morgan fingerprint density at radius 2 is 2.00 bits per heavy atom. The van der Waals surface area contributed by atoms with E-state index in [2.05, 4.69) is 14.9 Å². The lowest BCUT2D eigenvalue weighted by Gasteiger charge is -2.12. The first kappa shape index (κ1) is 19.7. The highest BCUT2D eigenvalue weighted by Crippen LogP contribution is 2.26. The Labute approximate surface area is 189 Å². The van der Waals surface area contributed by atoms with Crippen molar-refractivity contribution in [3.8, 4) is 0 Å². The smallest absolute Gasteiger partial charge is 0.272 e. The first-order valence-corrected chi connectivity index (χ1v) is 11.1. The molecule has 0 fully saturated rings. The lowest BCUT2D eigenvalue weighted by Crippen LogP contribution is -2.17. The average molecular weight is 439 g/mol. The molecule has 0 radical (unpaired) electrons. The fourth-order valence-corrected chi connectivity index (χ4v) is 4.75. The van der Waals surface area contributed by atoms with Crippen LogP contribution in [-0.4, -0.2) is 25.0 Å². The van der Waals surface area contributed by atoms with Crippen LogP contribution in [0.5, 0.6) is 0 Å². The van der Waals surface area contributed by atoms with Crippen molar-refractivity contribution in [2.24, 2.45) is 0 Å². The molecule has 0 unspecified atom stereocenters. The molecule has 1 aliphatic rings. The number of carbonyl (C=O) groups is 1. The summed E-state index contributed by atoms with van der Waals surface area (Å²) in [6.45, 7) is 1.57. The van der Waals surface area contributed by atoms with E-state index < -0.39 is 0 Å². The van der Waals surface area contributed by atoms with Gasteiger partial charge in [0.15, 0.2) is 0 Å². The number of amides is 1. The zero-order valence-electron chi connectivity index (χ0n) is 18.0. The number of benzene rings is 2. The quantitative estimate of drug-likeness (QED) is 0.421. The minimum atomic E-state index is -0.322. The highest BCUT2D eigenvalue weighted by molar-refractivity contribution is 6.07. The van der Waals surface area contributed by atoms with Crippen molar-refractivity contribution >= 4 is 33.5 Å². The molecule has 6 rings (SSSR count). The van der Waals surface area contributed by atoms with E-state index in [1.165, 1.54) is 12.1 Å². The van der Waals surface area contributed by atoms with E-state index in [1.807, 2.05) is 41.1 Å². The summed E-state index contributed by atoms with van der Waals surface area (Å²) in [5.41, 5.74) is 5.08. The van der Waals surface area contributed by atoms with E-state index in [0.29, 0.717) is 29.7 Å². The fourth-order valence-electron chi connectivity index (χ4n) is 4.75. The summed E-state index contributed by atoms with van der Waals surface area (Å²) in [5, 5.41) is 3.72. The van der Waals surface area contributed by atoms with Crippen LogP contribution in [-0.2, 0) is 25.9 Å². The summed E-state index contributed by atoms with van der Waals surface area (Å²) in [4.78, 5) is 22.2. The zero-order valence-corrected chi connectivity index (χ0v) is 18.0. The molecule has 2 aromatic carbocycles. The van der Waals surface area contributed by atoms with Crippen molar-refractivity contribution in [1.82, 2.24) is 19.1 Å². The molecule has 164 valence electrons. The molecular weight excluding hydrogens is 417 g/mol. The Hall–Kier alpha value is -4.00. The van der Waals surface area contributed by atoms with Gasteiger partial charge in [-0.2, -0.15) is 0 Å². The van der Waals surface area contributed by atoms with E-state index >= 15 is 0 Å². The van der Waals surface area contributed by atoms with Crippen molar-refractivity contribution in [3.05, 3.63) is 89.9 Å². The highest BCUT2D eigenvalue weighted by atomic mass is 19.1. The predicted molar refractivity (Wildman–Crippen MR) is 126 cm³/mol. The Morgan fingerprint density at radius 1 is 1.09 bits per heavy atom. The number of halogens is 1. The molecule has 1 amide bonds. The maximum absolute atomic E-state index is 13.9. The van der Waals surface area contributed by atoms with Crippen LogP contribution < -0.4 is 5.32 Å². The molecule has 33 heavy (non-hydrogen) atoms. The predicted octanol–water partition coefficient (Wildman–Crippen LogP) is 4.97. The fraction of sp³-hybridized carbons (Fsp3) is 0.192. The summed E-state index contributed by atoms with van der Waals surface area (Å²) >= 11 is 0. The molecule has 4 heterocycles. The van der Waals surface area contributed by atoms with E-state index in [4.69, 9.17) is 4.98 Å². The Morgan fingerprint density at radius 3 is 2.88 bits per heavy atom. The van der Waals surface area contributed by atoms with Gasteiger partial charge in [-0.25, -0.2) is 9.37 Å². The minimum absolute atomic E-state index is 0.233.